The van der Waals surface area contributed by atoms with Crippen molar-refractivity contribution >= 4 is 11.9 Å². The van der Waals surface area contributed by atoms with Gasteiger partial charge in [0.25, 0.3) is 0 Å². The summed E-state index contributed by atoms with van der Waals surface area (Å²) in [7, 11) is 1.40. The third-order valence-corrected chi connectivity index (χ3v) is 9.38. The molecule has 0 aromatic rings. The Balaban J connectivity index is 1.90. The second kappa shape index (κ2) is 26.3. The zero-order valence-corrected chi connectivity index (χ0v) is 28.0. The maximum Gasteiger partial charge on any atom is 0.328 e. The summed E-state index contributed by atoms with van der Waals surface area (Å²) in [5, 5.41) is 20.6. The molecule has 0 unspecified atom stereocenters. The van der Waals surface area contributed by atoms with Crippen LogP contribution in [0.15, 0.2) is 0 Å². The van der Waals surface area contributed by atoms with Crippen molar-refractivity contribution in [2.45, 2.75) is 199 Å². The van der Waals surface area contributed by atoms with Crippen LogP contribution in [-0.2, 0) is 14.3 Å². The predicted octanol–water partition coefficient (Wildman–Crippen LogP) is 8.89. The van der Waals surface area contributed by atoms with Gasteiger partial charge in [-0.05, 0) is 44.4 Å². The molecule has 1 saturated heterocycles. The van der Waals surface area contributed by atoms with E-state index in [1.54, 1.807) is 4.90 Å². The smallest absolute Gasteiger partial charge is 0.328 e. The summed E-state index contributed by atoms with van der Waals surface area (Å²) >= 11 is 0. The monoisotopic (exact) mass is 596 g/mol. The van der Waals surface area contributed by atoms with Crippen molar-refractivity contribution in [2.75, 3.05) is 13.7 Å². The Labute approximate surface area is 259 Å². The van der Waals surface area contributed by atoms with Gasteiger partial charge in [-0.25, -0.2) is 4.79 Å². The molecule has 1 aliphatic rings. The lowest BCUT2D eigenvalue weighted by Crippen LogP contribution is -2.48. The molecule has 1 heterocycles. The van der Waals surface area contributed by atoms with Crippen molar-refractivity contribution in [1.82, 2.24) is 4.90 Å². The summed E-state index contributed by atoms with van der Waals surface area (Å²) in [5.74, 6) is 0.672. The molecule has 6 nitrogen and oxygen atoms in total. The van der Waals surface area contributed by atoms with Crippen LogP contribution in [-0.4, -0.2) is 58.9 Å². The molecule has 6 heteroatoms. The molecule has 0 aromatic heterocycles. The first-order valence-corrected chi connectivity index (χ1v) is 18.1. The third kappa shape index (κ3) is 19.2. The van der Waals surface area contributed by atoms with Crippen LogP contribution in [0.4, 0.5) is 0 Å². The Morgan fingerprint density at radius 1 is 0.690 bits per heavy atom. The number of esters is 1. The average molecular weight is 596 g/mol. The molecule has 0 aliphatic carbocycles. The highest BCUT2D eigenvalue weighted by molar-refractivity contribution is 5.84. The van der Waals surface area contributed by atoms with Gasteiger partial charge in [0.1, 0.15) is 6.04 Å². The van der Waals surface area contributed by atoms with Gasteiger partial charge >= 0.3 is 5.97 Å². The number of amides is 1. The molecule has 42 heavy (non-hydrogen) atoms. The van der Waals surface area contributed by atoms with Crippen LogP contribution in [0.5, 0.6) is 0 Å². The Morgan fingerprint density at radius 3 is 1.64 bits per heavy atom. The fourth-order valence-corrected chi connectivity index (χ4v) is 6.45. The number of ether oxygens (including phenoxy) is 1. The number of likely N-dealkylation sites (tertiary alicyclic amines) is 1. The molecule has 0 bridgehead atoms. The lowest BCUT2D eigenvalue weighted by atomic mass is 9.95. The van der Waals surface area contributed by atoms with E-state index in [1.807, 2.05) is 0 Å². The number of nitrogens with zero attached hydrogens (tertiary/aromatic N) is 1. The summed E-state index contributed by atoms with van der Waals surface area (Å²) in [6.45, 7) is 5.34. The number of carbonyl (C=O) groups excluding carboxylic acids is 2. The van der Waals surface area contributed by atoms with Crippen LogP contribution >= 0.6 is 0 Å². The lowest BCUT2D eigenvalue weighted by molar-refractivity contribution is -0.154. The van der Waals surface area contributed by atoms with E-state index in [0.717, 1.165) is 70.1 Å². The molecule has 1 aliphatic heterocycles. The van der Waals surface area contributed by atoms with Gasteiger partial charge in [0.2, 0.25) is 5.91 Å². The first kappa shape index (κ1) is 38.9. The SMILES string of the molecule is CCCCCC[C@H](C)CCCCCC[C@H](O)[C@H](O)CCCCCCCCCCCCC(=O)N1CCCC[C@@H]1C(=O)OC. The van der Waals surface area contributed by atoms with Gasteiger partial charge in [0.05, 0.1) is 19.3 Å². The van der Waals surface area contributed by atoms with Crippen LogP contribution in [0.25, 0.3) is 0 Å². The number of carbonyl (C=O) groups is 2. The molecule has 1 fully saturated rings. The van der Waals surface area contributed by atoms with E-state index in [4.69, 9.17) is 4.74 Å². The van der Waals surface area contributed by atoms with Gasteiger partial charge in [0, 0.05) is 13.0 Å². The number of unbranched alkanes of at least 4 members (excludes halogenated alkanes) is 15. The molecule has 0 saturated carbocycles. The summed E-state index contributed by atoms with van der Waals surface area (Å²) < 4.78 is 4.89. The van der Waals surface area contributed by atoms with E-state index in [1.165, 1.54) is 97.0 Å². The minimum absolute atomic E-state index is 0.103. The second-order valence-corrected chi connectivity index (χ2v) is 13.3. The van der Waals surface area contributed by atoms with Crippen LogP contribution in [0.2, 0.25) is 0 Å². The number of hydrogen-bond donors (Lipinski definition) is 2. The van der Waals surface area contributed by atoms with Gasteiger partial charge in [-0.3, -0.25) is 4.79 Å². The number of rotatable bonds is 27. The Morgan fingerprint density at radius 2 is 1.14 bits per heavy atom. The van der Waals surface area contributed by atoms with Crippen LogP contribution in [0.3, 0.4) is 0 Å². The maximum atomic E-state index is 12.6. The van der Waals surface area contributed by atoms with E-state index in [9.17, 15) is 19.8 Å². The molecule has 1 rings (SSSR count). The minimum atomic E-state index is -0.568. The highest BCUT2D eigenvalue weighted by Gasteiger charge is 2.32. The third-order valence-electron chi connectivity index (χ3n) is 9.38. The highest BCUT2D eigenvalue weighted by atomic mass is 16.5. The number of aliphatic hydroxyl groups is 2. The normalized spacial score (nSPS) is 17.6. The maximum absolute atomic E-state index is 12.6. The molecule has 0 radical (unpaired) electrons. The summed E-state index contributed by atoms with van der Waals surface area (Å²) in [6, 6.07) is -0.382. The van der Waals surface area contributed by atoms with Crippen molar-refractivity contribution < 1.29 is 24.5 Å². The predicted molar refractivity (Wildman–Crippen MR) is 174 cm³/mol. The van der Waals surface area contributed by atoms with E-state index < -0.39 is 12.2 Å². The Bertz CT molecular complexity index is 657. The average Bonchev–Trinajstić information content (AvgIpc) is 3.00. The fourth-order valence-electron chi connectivity index (χ4n) is 6.45. The Kier molecular flexibility index (Phi) is 24.3. The molecule has 0 aromatic carbocycles. The van der Waals surface area contributed by atoms with Gasteiger partial charge in [-0.2, -0.15) is 0 Å². The molecular formula is C36H69NO5. The van der Waals surface area contributed by atoms with Gasteiger partial charge in [-0.15, -0.1) is 0 Å². The summed E-state index contributed by atoms with van der Waals surface area (Å²) in [5.41, 5.74) is 0. The topological polar surface area (TPSA) is 87.1 Å². The molecule has 248 valence electrons. The first-order valence-electron chi connectivity index (χ1n) is 18.1. The summed E-state index contributed by atoms with van der Waals surface area (Å²) in [6.07, 6.45) is 27.8. The standard InChI is InChI=1S/C36H69NO5/c1-4-5-6-17-24-31(2)25-18-15-16-20-28-34(39)33(38)27-19-13-11-9-7-8-10-12-14-21-29-35(40)37-30-23-22-26-32(37)36(41)42-3/h31-34,38-39H,4-30H2,1-3H3/t31-,32+,33+,34-/m0/s1. The number of aliphatic hydroxyl groups excluding tert-OH is 2. The second-order valence-electron chi connectivity index (χ2n) is 13.3. The van der Waals surface area contributed by atoms with Crippen molar-refractivity contribution in [1.29, 1.82) is 0 Å². The lowest BCUT2D eigenvalue weighted by Gasteiger charge is -2.33. The van der Waals surface area contributed by atoms with E-state index in [-0.39, 0.29) is 17.9 Å². The van der Waals surface area contributed by atoms with Crippen LogP contribution in [0, 0.1) is 5.92 Å². The van der Waals surface area contributed by atoms with Gasteiger partial charge in [-0.1, -0.05) is 136 Å². The minimum Gasteiger partial charge on any atom is -0.467 e. The number of methoxy groups -OCH3 is 1. The molecule has 0 spiro atoms. The molecule has 1 amide bonds. The van der Waals surface area contributed by atoms with Gasteiger partial charge in [0.15, 0.2) is 0 Å². The largest absolute Gasteiger partial charge is 0.467 e. The quantitative estimate of drug-likeness (QED) is 0.0731. The summed E-state index contributed by atoms with van der Waals surface area (Å²) in [4.78, 5) is 26.3. The molecule has 4 atom stereocenters. The van der Waals surface area contributed by atoms with Gasteiger partial charge < -0.3 is 19.8 Å². The van der Waals surface area contributed by atoms with E-state index in [0.29, 0.717) is 19.4 Å². The first-order chi connectivity index (χ1) is 20.4. The molecular weight excluding hydrogens is 526 g/mol. The number of piperidine rings is 1. The van der Waals surface area contributed by atoms with Crippen molar-refractivity contribution in [3.63, 3.8) is 0 Å². The molecule has 2 N–H and O–H groups in total. The van der Waals surface area contributed by atoms with E-state index in [2.05, 4.69) is 13.8 Å². The van der Waals surface area contributed by atoms with E-state index >= 15 is 0 Å². The fraction of sp³-hybridized carbons (Fsp3) is 0.944. The van der Waals surface area contributed by atoms with Crippen molar-refractivity contribution in [2.24, 2.45) is 5.92 Å². The van der Waals surface area contributed by atoms with Crippen LogP contribution in [0.1, 0.15) is 181 Å². The highest BCUT2D eigenvalue weighted by Crippen LogP contribution is 2.21. The van der Waals surface area contributed by atoms with Crippen molar-refractivity contribution in [3.05, 3.63) is 0 Å². The van der Waals surface area contributed by atoms with Crippen LogP contribution < -0.4 is 0 Å². The number of hydrogen-bond acceptors (Lipinski definition) is 5. The van der Waals surface area contributed by atoms with Crippen molar-refractivity contribution in [3.8, 4) is 0 Å². The zero-order valence-electron chi connectivity index (χ0n) is 28.0. The zero-order chi connectivity index (χ0) is 30.8. The Hall–Kier alpha value is -1.14.